The molecule has 0 saturated carbocycles. The van der Waals surface area contributed by atoms with Crippen molar-refractivity contribution in [3.63, 3.8) is 0 Å². The zero-order valence-electron chi connectivity index (χ0n) is 12.4. The highest BCUT2D eigenvalue weighted by atomic mass is 16.7. The number of carboxylic acid groups (broad SMARTS) is 1. The zero-order chi connectivity index (χ0) is 15.6. The molecule has 6 heteroatoms. The maximum Gasteiger partial charge on any atom is 0.514 e. The summed E-state index contributed by atoms with van der Waals surface area (Å²) in [5, 5.41) is 9.20. The third-order valence-corrected chi connectivity index (χ3v) is 3.00. The number of rotatable bonds is 1. The van der Waals surface area contributed by atoms with Gasteiger partial charge in [0.2, 0.25) is 0 Å². The molecule has 0 bridgehead atoms. The third-order valence-electron chi connectivity index (χ3n) is 3.00. The number of ether oxygens (including phenoxy) is 2. The van der Waals surface area contributed by atoms with Gasteiger partial charge in [-0.15, -0.1) is 0 Å². The molecule has 1 aliphatic heterocycles. The van der Waals surface area contributed by atoms with Gasteiger partial charge in [0, 0.05) is 12.6 Å². The quantitative estimate of drug-likeness (QED) is 0.634. The summed E-state index contributed by atoms with van der Waals surface area (Å²) in [5.41, 5.74) is 0.855. The second kappa shape index (κ2) is 5.63. The summed E-state index contributed by atoms with van der Waals surface area (Å²) in [6.07, 6.45) is -0.220. The fraction of sp³-hybridized carbons (Fsp3) is 0.467. The maximum absolute atomic E-state index is 11.6. The van der Waals surface area contributed by atoms with E-state index < -0.39 is 17.8 Å². The van der Waals surface area contributed by atoms with E-state index in [4.69, 9.17) is 9.47 Å². The number of hydrogen-bond donors (Lipinski definition) is 1. The van der Waals surface area contributed by atoms with Gasteiger partial charge >= 0.3 is 12.2 Å². The Hall–Kier alpha value is -2.24. The lowest BCUT2D eigenvalue weighted by molar-refractivity contribution is 0.0206. The molecule has 0 radical (unpaired) electrons. The predicted octanol–water partition coefficient (Wildman–Crippen LogP) is 3.43. The molecule has 21 heavy (non-hydrogen) atoms. The van der Waals surface area contributed by atoms with Crippen LogP contribution < -0.4 is 9.64 Å². The molecule has 1 heterocycles. The minimum atomic E-state index is -1.01. The summed E-state index contributed by atoms with van der Waals surface area (Å²) in [6.45, 7) is 5.67. The molecule has 1 amide bonds. The minimum absolute atomic E-state index is 0.274. The van der Waals surface area contributed by atoms with Crippen molar-refractivity contribution < 1.29 is 24.2 Å². The van der Waals surface area contributed by atoms with Crippen LogP contribution in [0.1, 0.15) is 32.8 Å². The van der Waals surface area contributed by atoms with Gasteiger partial charge in [-0.05, 0) is 45.2 Å². The number of aryl methyl sites for hydroxylation is 1. The average Bonchev–Trinajstić information content (AvgIpc) is 2.35. The van der Waals surface area contributed by atoms with Crippen LogP contribution in [0.2, 0.25) is 0 Å². The normalized spacial score (nSPS) is 14.3. The molecule has 2 rings (SSSR count). The van der Waals surface area contributed by atoms with Gasteiger partial charge in [-0.3, -0.25) is 4.90 Å². The third kappa shape index (κ3) is 3.87. The van der Waals surface area contributed by atoms with E-state index in [1.54, 1.807) is 39.0 Å². The largest absolute Gasteiger partial charge is 0.514 e. The molecule has 0 aliphatic carbocycles. The first-order chi connectivity index (χ1) is 9.76. The van der Waals surface area contributed by atoms with Crippen LogP contribution in [0.5, 0.6) is 5.75 Å². The van der Waals surface area contributed by atoms with Gasteiger partial charge < -0.3 is 14.6 Å². The monoisotopic (exact) mass is 293 g/mol. The molecule has 1 N–H and O–H groups in total. The van der Waals surface area contributed by atoms with Crippen LogP contribution in [0.15, 0.2) is 18.2 Å². The van der Waals surface area contributed by atoms with E-state index in [0.717, 1.165) is 18.4 Å². The number of anilines is 1. The Bertz CT molecular complexity index is 562. The first kappa shape index (κ1) is 15.2. The van der Waals surface area contributed by atoms with Crippen molar-refractivity contribution in [3.8, 4) is 5.75 Å². The molecule has 0 atom stereocenters. The van der Waals surface area contributed by atoms with E-state index >= 15 is 0 Å². The van der Waals surface area contributed by atoms with Gasteiger partial charge in [0.1, 0.15) is 11.4 Å². The summed E-state index contributed by atoms with van der Waals surface area (Å²) in [5.74, 6) is 0.274. The molecule has 114 valence electrons. The van der Waals surface area contributed by atoms with Gasteiger partial charge in [0.25, 0.3) is 0 Å². The lowest BCUT2D eigenvalue weighted by atomic mass is 10.0. The second-order valence-electron chi connectivity index (χ2n) is 5.89. The molecule has 0 unspecified atom stereocenters. The van der Waals surface area contributed by atoms with E-state index in [-0.39, 0.29) is 5.75 Å². The Labute approximate surface area is 123 Å². The van der Waals surface area contributed by atoms with Crippen LogP contribution in [-0.2, 0) is 11.2 Å². The molecule has 6 nitrogen and oxygen atoms in total. The highest BCUT2D eigenvalue weighted by Crippen LogP contribution is 2.31. The van der Waals surface area contributed by atoms with Crippen molar-refractivity contribution in [2.45, 2.75) is 39.2 Å². The van der Waals surface area contributed by atoms with E-state index in [1.807, 2.05) is 0 Å². The van der Waals surface area contributed by atoms with Crippen molar-refractivity contribution in [1.29, 1.82) is 0 Å². The van der Waals surface area contributed by atoms with E-state index in [0.29, 0.717) is 12.2 Å². The Morgan fingerprint density at radius 2 is 2.00 bits per heavy atom. The number of nitrogens with zero attached hydrogens (tertiary/aromatic N) is 1. The Morgan fingerprint density at radius 3 is 2.62 bits per heavy atom. The average molecular weight is 293 g/mol. The highest BCUT2D eigenvalue weighted by Gasteiger charge is 2.23. The van der Waals surface area contributed by atoms with Crippen LogP contribution >= 0.6 is 0 Å². The smallest absolute Gasteiger partial charge is 0.465 e. The second-order valence-corrected chi connectivity index (χ2v) is 5.89. The fourth-order valence-corrected chi connectivity index (χ4v) is 2.18. The predicted molar refractivity (Wildman–Crippen MR) is 77.0 cm³/mol. The summed E-state index contributed by atoms with van der Waals surface area (Å²) < 4.78 is 10.2. The van der Waals surface area contributed by atoms with Gasteiger partial charge in [0.05, 0.1) is 5.69 Å². The van der Waals surface area contributed by atoms with Gasteiger partial charge in [-0.25, -0.2) is 9.59 Å². The molecule has 1 aliphatic rings. The fourth-order valence-electron chi connectivity index (χ4n) is 2.18. The van der Waals surface area contributed by atoms with Crippen LogP contribution in [0.3, 0.4) is 0 Å². The number of carbonyl (C=O) groups is 2. The summed E-state index contributed by atoms with van der Waals surface area (Å²) in [6, 6.07) is 4.99. The van der Waals surface area contributed by atoms with Crippen LogP contribution in [-0.4, -0.2) is 29.5 Å². The summed E-state index contributed by atoms with van der Waals surface area (Å²) >= 11 is 0. The standard InChI is InChI=1S/C15H19NO5/c1-15(2,3)21-14(19)20-11-7-6-10-5-4-8-16(13(17)18)12(10)9-11/h6-7,9H,4-5,8H2,1-3H3,(H,17,18). The van der Waals surface area contributed by atoms with Crippen molar-refractivity contribution >= 4 is 17.9 Å². The highest BCUT2D eigenvalue weighted by molar-refractivity contribution is 5.88. The maximum atomic E-state index is 11.6. The first-order valence-corrected chi connectivity index (χ1v) is 6.80. The molecule has 1 aromatic carbocycles. The molecular weight excluding hydrogens is 274 g/mol. The molecule has 0 spiro atoms. The molecule has 0 saturated heterocycles. The van der Waals surface area contributed by atoms with Crippen molar-refractivity contribution in [2.75, 3.05) is 11.4 Å². The minimum Gasteiger partial charge on any atom is -0.465 e. The topological polar surface area (TPSA) is 76.1 Å². The molecular formula is C15H19NO5. The van der Waals surface area contributed by atoms with Gasteiger partial charge in [0.15, 0.2) is 0 Å². The Kier molecular flexibility index (Phi) is 4.06. The van der Waals surface area contributed by atoms with Gasteiger partial charge in [-0.2, -0.15) is 0 Å². The number of fused-ring (bicyclic) bond motifs is 1. The molecule has 0 fully saturated rings. The first-order valence-electron chi connectivity index (χ1n) is 6.80. The van der Waals surface area contributed by atoms with E-state index in [9.17, 15) is 14.7 Å². The van der Waals surface area contributed by atoms with Crippen molar-refractivity contribution in [2.24, 2.45) is 0 Å². The van der Waals surface area contributed by atoms with Crippen molar-refractivity contribution in [1.82, 2.24) is 0 Å². The van der Waals surface area contributed by atoms with Crippen LogP contribution in [0, 0.1) is 0 Å². The molecule has 0 aromatic heterocycles. The zero-order valence-corrected chi connectivity index (χ0v) is 12.4. The van der Waals surface area contributed by atoms with Crippen LogP contribution in [0.25, 0.3) is 0 Å². The SMILES string of the molecule is CC(C)(C)OC(=O)Oc1ccc2c(c1)N(C(=O)O)CCC2. The lowest BCUT2D eigenvalue weighted by Gasteiger charge is -2.27. The van der Waals surface area contributed by atoms with Gasteiger partial charge in [-0.1, -0.05) is 6.07 Å². The van der Waals surface area contributed by atoms with Crippen molar-refractivity contribution in [3.05, 3.63) is 23.8 Å². The number of hydrogen-bond acceptors (Lipinski definition) is 4. The van der Waals surface area contributed by atoms with Crippen LogP contribution in [0.4, 0.5) is 15.3 Å². The summed E-state index contributed by atoms with van der Waals surface area (Å²) in [7, 11) is 0. The van der Waals surface area contributed by atoms with E-state index in [1.165, 1.54) is 4.90 Å². The summed E-state index contributed by atoms with van der Waals surface area (Å²) in [4.78, 5) is 24.1. The number of benzene rings is 1. The lowest BCUT2D eigenvalue weighted by Crippen LogP contribution is -2.34. The Balaban J connectivity index is 2.18. The molecule has 1 aromatic rings. The Morgan fingerprint density at radius 1 is 1.29 bits per heavy atom. The number of carbonyl (C=O) groups excluding carboxylic acids is 1. The number of amides is 1. The van der Waals surface area contributed by atoms with E-state index in [2.05, 4.69) is 0 Å².